The minimum absolute atomic E-state index is 0.0479. The average molecular weight is 980 g/mol. The van der Waals surface area contributed by atoms with Gasteiger partial charge in [-0.3, -0.25) is 13.8 Å². The smallest absolute Gasteiger partial charge is 0.387 e. The van der Waals surface area contributed by atoms with Crippen LogP contribution in [0.25, 0.3) is 0 Å². The number of aliphatic hydroxyl groups is 1. The van der Waals surface area contributed by atoms with Gasteiger partial charge >= 0.3 is 7.82 Å². The van der Waals surface area contributed by atoms with Gasteiger partial charge in [0.15, 0.2) is 0 Å². The van der Waals surface area contributed by atoms with E-state index in [1.807, 2.05) is 27.2 Å². The van der Waals surface area contributed by atoms with Crippen molar-refractivity contribution in [2.45, 2.75) is 212 Å². The first-order valence-corrected chi connectivity index (χ1v) is 28.9. The monoisotopic (exact) mass is 980 g/mol. The van der Waals surface area contributed by atoms with Crippen LogP contribution in [0.1, 0.15) is 200 Å². The maximum absolute atomic E-state index is 12.9. The fourth-order valence-electron chi connectivity index (χ4n) is 7.15. The molecule has 0 aliphatic rings. The molecule has 0 radical (unpaired) electrons. The van der Waals surface area contributed by atoms with Crippen LogP contribution < -0.4 is 5.32 Å². The van der Waals surface area contributed by atoms with Crippen molar-refractivity contribution in [3.8, 4) is 0 Å². The van der Waals surface area contributed by atoms with Crippen molar-refractivity contribution in [3.05, 3.63) is 122 Å². The van der Waals surface area contributed by atoms with Crippen LogP contribution in [-0.4, -0.2) is 73.4 Å². The predicted molar refractivity (Wildman–Crippen MR) is 299 cm³/mol. The Hall–Kier alpha value is -3.10. The molecule has 0 saturated carbocycles. The first-order chi connectivity index (χ1) is 33.5. The van der Waals surface area contributed by atoms with E-state index < -0.39 is 20.0 Å². The lowest BCUT2D eigenvalue weighted by molar-refractivity contribution is -0.870. The van der Waals surface area contributed by atoms with Crippen molar-refractivity contribution < 1.29 is 32.9 Å². The summed E-state index contributed by atoms with van der Waals surface area (Å²) >= 11 is 0. The van der Waals surface area contributed by atoms with Crippen molar-refractivity contribution >= 4 is 13.7 Å². The summed E-state index contributed by atoms with van der Waals surface area (Å²) in [5, 5.41) is 13.9. The Kier molecular flexibility index (Phi) is 47.6. The molecule has 394 valence electrons. The van der Waals surface area contributed by atoms with E-state index in [2.05, 4.69) is 129 Å². The number of amides is 1. The Morgan fingerprint density at radius 2 is 0.870 bits per heavy atom. The summed E-state index contributed by atoms with van der Waals surface area (Å²) in [5.41, 5.74) is 0. The molecule has 9 heteroatoms. The molecule has 0 aliphatic heterocycles. The molecule has 0 fully saturated rings. The van der Waals surface area contributed by atoms with Gasteiger partial charge in [0.05, 0.1) is 39.9 Å². The summed E-state index contributed by atoms with van der Waals surface area (Å²) < 4.78 is 23.6. The summed E-state index contributed by atoms with van der Waals surface area (Å²) in [6, 6.07) is -0.874. The zero-order chi connectivity index (χ0) is 50.6. The third kappa shape index (κ3) is 52.6. The highest BCUT2D eigenvalue weighted by atomic mass is 31.2. The number of aliphatic hydroxyl groups excluding tert-OH is 1. The molecule has 1 amide bonds. The van der Waals surface area contributed by atoms with E-state index in [4.69, 9.17) is 9.05 Å². The maximum atomic E-state index is 12.9. The summed E-state index contributed by atoms with van der Waals surface area (Å²) in [4.78, 5) is 23.2. The molecule has 69 heavy (non-hydrogen) atoms. The molecule has 3 N–H and O–H groups in total. The maximum Gasteiger partial charge on any atom is 0.472 e. The van der Waals surface area contributed by atoms with Gasteiger partial charge in [0.1, 0.15) is 13.2 Å². The van der Waals surface area contributed by atoms with Gasteiger partial charge in [-0.05, 0) is 89.9 Å². The number of nitrogens with one attached hydrogen (secondary N) is 1. The second-order valence-corrected chi connectivity index (χ2v) is 20.7. The molecule has 0 aromatic rings. The fourth-order valence-corrected chi connectivity index (χ4v) is 7.89. The topological polar surface area (TPSA) is 105 Å². The molecule has 0 aliphatic carbocycles. The molecule has 0 rings (SSSR count). The summed E-state index contributed by atoms with van der Waals surface area (Å²) in [7, 11) is 1.53. The Morgan fingerprint density at radius 3 is 1.28 bits per heavy atom. The number of nitrogens with zero attached hydrogens (tertiary/aromatic N) is 1. The van der Waals surface area contributed by atoms with Gasteiger partial charge in [-0.15, -0.1) is 0 Å². The van der Waals surface area contributed by atoms with Crippen molar-refractivity contribution in [1.82, 2.24) is 5.32 Å². The van der Waals surface area contributed by atoms with Gasteiger partial charge in [-0.1, -0.05) is 225 Å². The lowest BCUT2D eigenvalue weighted by Gasteiger charge is -2.25. The van der Waals surface area contributed by atoms with Crippen molar-refractivity contribution in [2.24, 2.45) is 0 Å². The third-order valence-corrected chi connectivity index (χ3v) is 12.4. The van der Waals surface area contributed by atoms with Gasteiger partial charge in [0, 0.05) is 6.42 Å². The molecule has 0 heterocycles. The lowest BCUT2D eigenvalue weighted by Crippen LogP contribution is -2.45. The summed E-state index contributed by atoms with van der Waals surface area (Å²) in [5.74, 6) is -0.214. The van der Waals surface area contributed by atoms with E-state index in [9.17, 15) is 19.4 Å². The van der Waals surface area contributed by atoms with E-state index in [1.54, 1.807) is 6.08 Å². The van der Waals surface area contributed by atoms with E-state index in [-0.39, 0.29) is 19.1 Å². The lowest BCUT2D eigenvalue weighted by atomic mass is 10.0. The van der Waals surface area contributed by atoms with E-state index in [1.165, 1.54) is 77.0 Å². The van der Waals surface area contributed by atoms with Crippen LogP contribution in [-0.2, 0) is 18.4 Å². The molecule has 0 spiro atoms. The van der Waals surface area contributed by atoms with Crippen LogP contribution in [0.5, 0.6) is 0 Å². The summed E-state index contributed by atoms with van der Waals surface area (Å²) in [6.45, 7) is 4.66. The van der Waals surface area contributed by atoms with Crippen LogP contribution in [0.4, 0.5) is 0 Å². The van der Waals surface area contributed by atoms with E-state index in [0.29, 0.717) is 17.4 Å². The van der Waals surface area contributed by atoms with Crippen LogP contribution in [0, 0.1) is 0 Å². The predicted octanol–water partition coefficient (Wildman–Crippen LogP) is 16.6. The SMILES string of the molecule is CC/C=C\C/C=C\C/C=C\C/C=C\C/C=C\C/C=C\C/C=C\C/C=C\C/C=C\CCCCCC(=O)NC(COP(=O)(O)OCC[N+](C)(C)C)C(O)/C=C/CCCCCCCCCCCCCCCC. The highest BCUT2D eigenvalue weighted by Gasteiger charge is 2.27. The molecule has 8 nitrogen and oxygen atoms in total. The number of carbonyl (C=O) groups is 1. The second-order valence-electron chi connectivity index (χ2n) is 19.2. The Morgan fingerprint density at radius 1 is 0.507 bits per heavy atom. The number of phosphoric ester groups is 1. The molecular formula is C60H104N2O6P+. The third-order valence-electron chi connectivity index (χ3n) is 11.4. The van der Waals surface area contributed by atoms with E-state index in [0.717, 1.165) is 103 Å². The number of unbranched alkanes of at least 4 members (excludes halogenated alkanes) is 17. The van der Waals surface area contributed by atoms with E-state index >= 15 is 0 Å². The zero-order valence-electron chi connectivity index (χ0n) is 44.8. The highest BCUT2D eigenvalue weighted by molar-refractivity contribution is 7.47. The normalized spacial score (nSPS) is 14.9. The van der Waals surface area contributed by atoms with Crippen LogP contribution >= 0.6 is 7.82 Å². The Balaban J connectivity index is 4.35. The molecule has 0 aromatic carbocycles. The number of rotatable bonds is 48. The first kappa shape index (κ1) is 65.9. The Bertz CT molecular complexity index is 1530. The standard InChI is InChI=1S/C60H103N2O6P/c1-6-8-10-12-14-16-18-20-22-24-25-26-27-28-29-30-31-32-33-34-35-36-37-38-40-42-44-46-48-50-52-54-60(64)61-58(57-68-69(65,66)67-56-55-62(3,4)5)59(63)53-51-49-47-45-43-41-39-23-21-19-17-15-13-11-9-7-2/h8,10,14,16,20,22,25-26,28-29,31-32,34-35,37-38,42,44,51,53,58-59,63H,6-7,9,11-13,15,17-19,21,23-24,27,30,33,36,39-41,43,45-50,52,54-57H2,1-5H3,(H-,61,64,65,66)/p+1/b10-8-,16-14-,22-20-,26-25-,29-28-,32-31-,35-34-,38-37-,44-42-,53-51+. The van der Waals surface area contributed by atoms with Gasteiger partial charge in [0.25, 0.3) is 0 Å². The van der Waals surface area contributed by atoms with Gasteiger partial charge in [-0.25, -0.2) is 4.57 Å². The minimum atomic E-state index is -4.36. The number of carbonyl (C=O) groups excluding carboxylic acids is 1. The molecular weight excluding hydrogens is 876 g/mol. The zero-order valence-corrected chi connectivity index (χ0v) is 45.6. The van der Waals surface area contributed by atoms with Crippen LogP contribution in [0.3, 0.4) is 0 Å². The quantitative estimate of drug-likeness (QED) is 0.0243. The number of quaternary nitrogens is 1. The molecule has 3 atom stereocenters. The molecule has 0 bridgehead atoms. The van der Waals surface area contributed by atoms with Crippen LogP contribution in [0.15, 0.2) is 122 Å². The summed E-state index contributed by atoms with van der Waals surface area (Å²) in [6.07, 6.45) is 74.3. The molecule has 0 aromatic heterocycles. The fraction of sp³-hybridized carbons (Fsp3) is 0.650. The van der Waals surface area contributed by atoms with Gasteiger partial charge in [-0.2, -0.15) is 0 Å². The van der Waals surface area contributed by atoms with Crippen LogP contribution in [0.2, 0.25) is 0 Å². The number of hydrogen-bond donors (Lipinski definition) is 3. The second kappa shape index (κ2) is 49.9. The number of hydrogen-bond acceptors (Lipinski definition) is 5. The molecule has 0 saturated heterocycles. The minimum Gasteiger partial charge on any atom is -0.387 e. The Labute approximate surface area is 424 Å². The average Bonchev–Trinajstić information content (AvgIpc) is 3.31. The highest BCUT2D eigenvalue weighted by Crippen LogP contribution is 2.43. The first-order valence-electron chi connectivity index (χ1n) is 27.4. The number of phosphoric acid groups is 1. The van der Waals surface area contributed by atoms with Crippen molar-refractivity contribution in [2.75, 3.05) is 40.9 Å². The number of allylic oxidation sites excluding steroid dienone is 19. The van der Waals surface area contributed by atoms with Crippen molar-refractivity contribution in [3.63, 3.8) is 0 Å². The van der Waals surface area contributed by atoms with Gasteiger partial charge in [0.2, 0.25) is 5.91 Å². The van der Waals surface area contributed by atoms with Gasteiger partial charge < -0.3 is 19.8 Å². The molecule has 3 unspecified atom stereocenters. The van der Waals surface area contributed by atoms with Crippen molar-refractivity contribution in [1.29, 1.82) is 0 Å². The largest absolute Gasteiger partial charge is 0.472 e. The number of likely N-dealkylation sites (N-methyl/N-ethyl adjacent to an activating group) is 1.